The standard InChI is InChI=1S/C17H34N2O2/c1-8-21-15(20)17(6,18-14-9-10-14)11-13(2)19(7)12-16(3,4)5/h13-14,18H,8-12H2,1-7H3. The Balaban J connectivity index is 2.68. The fourth-order valence-corrected chi connectivity index (χ4v) is 2.82. The summed E-state index contributed by atoms with van der Waals surface area (Å²) < 4.78 is 5.30. The van der Waals surface area contributed by atoms with Gasteiger partial charge < -0.3 is 9.64 Å². The Morgan fingerprint density at radius 2 is 1.90 bits per heavy atom. The first-order chi connectivity index (χ1) is 9.57. The van der Waals surface area contributed by atoms with E-state index in [4.69, 9.17) is 4.74 Å². The van der Waals surface area contributed by atoms with Crippen molar-refractivity contribution in [2.45, 2.75) is 78.4 Å². The molecule has 0 amide bonds. The van der Waals surface area contributed by atoms with Gasteiger partial charge in [0.1, 0.15) is 5.54 Å². The maximum atomic E-state index is 12.4. The molecule has 1 N–H and O–H groups in total. The van der Waals surface area contributed by atoms with Gasteiger partial charge in [0.2, 0.25) is 0 Å². The second kappa shape index (κ2) is 7.10. The Labute approximate surface area is 130 Å². The molecule has 2 unspecified atom stereocenters. The molecule has 0 aromatic heterocycles. The number of carbonyl (C=O) groups excluding carboxylic acids is 1. The van der Waals surface area contributed by atoms with E-state index in [1.54, 1.807) is 0 Å². The van der Waals surface area contributed by atoms with Gasteiger partial charge in [-0.2, -0.15) is 0 Å². The van der Waals surface area contributed by atoms with Crippen LogP contribution in [-0.4, -0.2) is 48.7 Å². The zero-order chi connectivity index (χ0) is 16.3. The summed E-state index contributed by atoms with van der Waals surface area (Å²) in [6.45, 7) is 14.2. The fraction of sp³-hybridized carbons (Fsp3) is 0.941. The van der Waals surface area contributed by atoms with Crippen molar-refractivity contribution in [3.8, 4) is 0 Å². The van der Waals surface area contributed by atoms with Crippen molar-refractivity contribution < 1.29 is 9.53 Å². The summed E-state index contributed by atoms with van der Waals surface area (Å²) in [6, 6.07) is 0.810. The van der Waals surface area contributed by atoms with Gasteiger partial charge in [-0.05, 0) is 52.5 Å². The van der Waals surface area contributed by atoms with Crippen LogP contribution in [0.4, 0.5) is 0 Å². The van der Waals surface area contributed by atoms with E-state index < -0.39 is 5.54 Å². The second-order valence-electron chi connectivity index (χ2n) is 8.00. The number of nitrogens with one attached hydrogen (secondary N) is 1. The third-order valence-electron chi connectivity index (χ3n) is 4.01. The molecule has 4 nitrogen and oxygen atoms in total. The minimum atomic E-state index is -0.581. The summed E-state index contributed by atoms with van der Waals surface area (Å²) in [7, 11) is 2.14. The Bertz CT molecular complexity index is 347. The molecule has 21 heavy (non-hydrogen) atoms. The summed E-state index contributed by atoms with van der Waals surface area (Å²) in [5.74, 6) is -0.118. The number of hydrogen-bond donors (Lipinski definition) is 1. The zero-order valence-corrected chi connectivity index (χ0v) is 15.0. The molecule has 0 saturated heterocycles. The molecule has 0 radical (unpaired) electrons. The van der Waals surface area contributed by atoms with Crippen LogP contribution in [0.1, 0.15) is 60.8 Å². The molecule has 0 aromatic rings. The average molecular weight is 298 g/mol. The van der Waals surface area contributed by atoms with E-state index in [-0.39, 0.29) is 11.4 Å². The van der Waals surface area contributed by atoms with Crippen LogP contribution >= 0.6 is 0 Å². The van der Waals surface area contributed by atoms with E-state index in [0.717, 1.165) is 13.0 Å². The van der Waals surface area contributed by atoms with Crippen molar-refractivity contribution in [1.82, 2.24) is 10.2 Å². The van der Waals surface area contributed by atoms with Crippen molar-refractivity contribution in [3.05, 3.63) is 0 Å². The van der Waals surface area contributed by atoms with Crippen LogP contribution in [-0.2, 0) is 9.53 Å². The minimum absolute atomic E-state index is 0.118. The Morgan fingerprint density at radius 1 is 1.33 bits per heavy atom. The summed E-state index contributed by atoms with van der Waals surface area (Å²) in [4.78, 5) is 14.7. The largest absolute Gasteiger partial charge is 0.465 e. The lowest BCUT2D eigenvalue weighted by Gasteiger charge is -2.37. The molecule has 0 bridgehead atoms. The van der Waals surface area contributed by atoms with Gasteiger partial charge in [0, 0.05) is 18.6 Å². The summed E-state index contributed by atoms with van der Waals surface area (Å²) in [6.07, 6.45) is 3.11. The first-order valence-electron chi connectivity index (χ1n) is 8.22. The SMILES string of the molecule is CCOC(=O)C(C)(CC(C)N(C)CC(C)(C)C)NC1CC1. The average Bonchev–Trinajstić information content (AvgIpc) is 3.10. The van der Waals surface area contributed by atoms with Gasteiger partial charge >= 0.3 is 5.97 Å². The van der Waals surface area contributed by atoms with E-state index in [1.807, 2.05) is 13.8 Å². The van der Waals surface area contributed by atoms with Crippen LogP contribution in [0.5, 0.6) is 0 Å². The monoisotopic (exact) mass is 298 g/mol. The Morgan fingerprint density at radius 3 is 2.33 bits per heavy atom. The van der Waals surface area contributed by atoms with Gasteiger partial charge in [-0.25, -0.2) is 0 Å². The molecule has 1 rings (SSSR count). The lowest BCUT2D eigenvalue weighted by Crippen LogP contribution is -2.55. The van der Waals surface area contributed by atoms with Gasteiger partial charge in [-0.3, -0.25) is 10.1 Å². The molecule has 1 aliphatic rings. The predicted octanol–water partition coefficient (Wildman–Crippen LogP) is 2.82. The van der Waals surface area contributed by atoms with Crippen LogP contribution in [0.2, 0.25) is 0 Å². The first-order valence-corrected chi connectivity index (χ1v) is 8.22. The molecule has 4 heteroatoms. The number of hydrogen-bond acceptors (Lipinski definition) is 4. The van der Waals surface area contributed by atoms with Crippen molar-refractivity contribution in [2.75, 3.05) is 20.2 Å². The predicted molar refractivity (Wildman–Crippen MR) is 87.4 cm³/mol. The zero-order valence-electron chi connectivity index (χ0n) is 15.0. The molecular formula is C17H34N2O2. The van der Waals surface area contributed by atoms with Crippen LogP contribution in [0.25, 0.3) is 0 Å². The highest BCUT2D eigenvalue weighted by Gasteiger charge is 2.41. The topological polar surface area (TPSA) is 41.6 Å². The highest BCUT2D eigenvalue weighted by molar-refractivity contribution is 5.80. The molecule has 1 aliphatic carbocycles. The summed E-state index contributed by atoms with van der Waals surface area (Å²) >= 11 is 0. The maximum Gasteiger partial charge on any atom is 0.326 e. The van der Waals surface area contributed by atoms with Crippen molar-refractivity contribution in [2.24, 2.45) is 5.41 Å². The molecular weight excluding hydrogens is 264 g/mol. The molecule has 124 valence electrons. The van der Waals surface area contributed by atoms with Crippen LogP contribution < -0.4 is 5.32 Å². The fourth-order valence-electron chi connectivity index (χ4n) is 2.82. The van der Waals surface area contributed by atoms with Gasteiger partial charge in [-0.1, -0.05) is 20.8 Å². The second-order valence-corrected chi connectivity index (χ2v) is 8.00. The Kier molecular flexibility index (Phi) is 6.23. The van der Waals surface area contributed by atoms with Gasteiger partial charge in [0.05, 0.1) is 6.61 Å². The van der Waals surface area contributed by atoms with E-state index in [2.05, 4.69) is 45.0 Å². The van der Waals surface area contributed by atoms with Crippen molar-refractivity contribution in [3.63, 3.8) is 0 Å². The molecule has 2 atom stereocenters. The highest BCUT2D eigenvalue weighted by atomic mass is 16.5. The lowest BCUT2D eigenvalue weighted by molar-refractivity contribution is -0.151. The van der Waals surface area contributed by atoms with Crippen LogP contribution in [0, 0.1) is 5.41 Å². The third kappa shape index (κ3) is 6.35. The smallest absolute Gasteiger partial charge is 0.326 e. The van der Waals surface area contributed by atoms with Gasteiger partial charge in [-0.15, -0.1) is 0 Å². The number of ether oxygens (including phenoxy) is 1. The highest BCUT2D eigenvalue weighted by Crippen LogP contribution is 2.27. The normalized spacial score (nSPS) is 20.2. The van der Waals surface area contributed by atoms with E-state index in [1.165, 1.54) is 12.8 Å². The molecule has 1 fully saturated rings. The molecule has 1 saturated carbocycles. The first kappa shape index (κ1) is 18.4. The molecule has 0 aliphatic heterocycles. The lowest BCUT2D eigenvalue weighted by atomic mass is 9.90. The molecule has 0 spiro atoms. The van der Waals surface area contributed by atoms with E-state index in [9.17, 15) is 4.79 Å². The third-order valence-corrected chi connectivity index (χ3v) is 4.01. The number of rotatable bonds is 8. The molecule has 0 aromatic carbocycles. The minimum Gasteiger partial charge on any atom is -0.465 e. The van der Waals surface area contributed by atoms with Gasteiger partial charge in [0.15, 0.2) is 0 Å². The number of carbonyl (C=O) groups is 1. The number of esters is 1. The van der Waals surface area contributed by atoms with Crippen molar-refractivity contribution >= 4 is 5.97 Å². The van der Waals surface area contributed by atoms with Gasteiger partial charge in [0.25, 0.3) is 0 Å². The molecule has 0 heterocycles. The summed E-state index contributed by atoms with van der Waals surface area (Å²) in [5, 5.41) is 3.50. The summed E-state index contributed by atoms with van der Waals surface area (Å²) in [5.41, 5.74) is -0.323. The maximum absolute atomic E-state index is 12.4. The quantitative estimate of drug-likeness (QED) is 0.700. The van der Waals surface area contributed by atoms with E-state index >= 15 is 0 Å². The van der Waals surface area contributed by atoms with Crippen LogP contribution in [0.3, 0.4) is 0 Å². The van der Waals surface area contributed by atoms with Crippen molar-refractivity contribution in [1.29, 1.82) is 0 Å². The van der Waals surface area contributed by atoms with Crippen LogP contribution in [0.15, 0.2) is 0 Å². The number of nitrogens with zero attached hydrogens (tertiary/aromatic N) is 1. The van der Waals surface area contributed by atoms with E-state index in [0.29, 0.717) is 18.7 Å². The Hall–Kier alpha value is -0.610.